The first kappa shape index (κ1) is 16.5. The fraction of sp³-hybridized carbons (Fsp3) is 0.733. The van der Waals surface area contributed by atoms with Crippen molar-refractivity contribution < 1.29 is 12.8 Å². The number of rotatable bonds is 7. The lowest BCUT2D eigenvalue weighted by atomic mass is 9.90. The molecule has 5 nitrogen and oxygen atoms in total. The van der Waals surface area contributed by atoms with Crippen LogP contribution in [0.4, 0.5) is 0 Å². The Hall–Kier alpha value is -0.850. The summed E-state index contributed by atoms with van der Waals surface area (Å²) in [4.78, 5) is 0.270. The second kappa shape index (κ2) is 7.42. The summed E-state index contributed by atoms with van der Waals surface area (Å²) in [7, 11) is -3.47. The van der Waals surface area contributed by atoms with Crippen LogP contribution in [0.25, 0.3) is 0 Å². The summed E-state index contributed by atoms with van der Waals surface area (Å²) in [6, 6.07) is 1.63. The van der Waals surface area contributed by atoms with Crippen molar-refractivity contribution in [1.82, 2.24) is 10.0 Å². The summed E-state index contributed by atoms with van der Waals surface area (Å²) in [5.74, 6) is 1.59. The molecular formula is C15H26N2O3S. The molecule has 1 heterocycles. The van der Waals surface area contributed by atoms with Gasteiger partial charge in [0.25, 0.3) is 0 Å². The summed E-state index contributed by atoms with van der Waals surface area (Å²) >= 11 is 0. The van der Waals surface area contributed by atoms with Crippen molar-refractivity contribution in [1.29, 1.82) is 0 Å². The minimum atomic E-state index is -3.47. The molecule has 2 N–H and O–H groups in total. The van der Waals surface area contributed by atoms with Gasteiger partial charge in [-0.15, -0.1) is 0 Å². The molecule has 0 aromatic carbocycles. The van der Waals surface area contributed by atoms with E-state index < -0.39 is 10.0 Å². The Kier molecular flexibility index (Phi) is 5.84. The van der Waals surface area contributed by atoms with Crippen LogP contribution in [0.2, 0.25) is 0 Å². The van der Waals surface area contributed by atoms with Crippen LogP contribution in [-0.4, -0.2) is 21.5 Å². The average molecular weight is 314 g/mol. The van der Waals surface area contributed by atoms with Gasteiger partial charge in [-0.1, -0.05) is 26.2 Å². The Morgan fingerprint density at radius 3 is 2.67 bits per heavy atom. The maximum absolute atomic E-state index is 12.4. The van der Waals surface area contributed by atoms with Crippen molar-refractivity contribution in [2.24, 2.45) is 5.92 Å². The highest BCUT2D eigenvalue weighted by molar-refractivity contribution is 7.89. The molecule has 21 heavy (non-hydrogen) atoms. The number of furan rings is 1. The van der Waals surface area contributed by atoms with Crippen LogP contribution >= 0.6 is 0 Å². The molecule has 0 bridgehead atoms. The van der Waals surface area contributed by atoms with Gasteiger partial charge in [0.1, 0.15) is 16.4 Å². The third kappa shape index (κ3) is 4.56. The van der Waals surface area contributed by atoms with Crippen LogP contribution in [0.1, 0.15) is 50.5 Å². The molecule has 2 rings (SSSR count). The first-order chi connectivity index (χ1) is 10.0. The molecule has 1 aliphatic rings. The van der Waals surface area contributed by atoms with Gasteiger partial charge < -0.3 is 9.73 Å². The Morgan fingerprint density at radius 1 is 1.29 bits per heavy atom. The molecule has 1 aliphatic carbocycles. The van der Waals surface area contributed by atoms with Gasteiger partial charge in [0.2, 0.25) is 10.0 Å². The minimum absolute atomic E-state index is 0.270. The van der Waals surface area contributed by atoms with Crippen LogP contribution in [0.15, 0.2) is 15.4 Å². The molecule has 120 valence electrons. The maximum atomic E-state index is 12.4. The van der Waals surface area contributed by atoms with Crippen LogP contribution < -0.4 is 10.0 Å². The molecule has 0 radical (unpaired) electrons. The third-order valence-corrected chi connectivity index (χ3v) is 5.58. The van der Waals surface area contributed by atoms with Gasteiger partial charge in [0, 0.05) is 12.6 Å². The highest BCUT2D eigenvalue weighted by Crippen LogP contribution is 2.24. The van der Waals surface area contributed by atoms with Gasteiger partial charge in [-0.3, -0.25) is 0 Å². The molecule has 1 fully saturated rings. The molecule has 6 heteroatoms. The lowest BCUT2D eigenvalue weighted by Crippen LogP contribution is -2.30. The van der Waals surface area contributed by atoms with E-state index in [2.05, 4.69) is 10.0 Å². The number of sulfonamides is 1. The lowest BCUT2D eigenvalue weighted by Gasteiger charge is -2.21. The molecule has 0 aliphatic heterocycles. The van der Waals surface area contributed by atoms with E-state index in [1.165, 1.54) is 19.3 Å². The summed E-state index contributed by atoms with van der Waals surface area (Å²) in [6.45, 7) is 5.61. The third-order valence-electron chi connectivity index (χ3n) is 4.05. The van der Waals surface area contributed by atoms with Gasteiger partial charge >= 0.3 is 0 Å². The van der Waals surface area contributed by atoms with Crippen molar-refractivity contribution in [3.63, 3.8) is 0 Å². The average Bonchev–Trinajstić information content (AvgIpc) is 2.86. The first-order valence-electron chi connectivity index (χ1n) is 7.82. The predicted molar refractivity (Wildman–Crippen MR) is 82.6 cm³/mol. The van der Waals surface area contributed by atoms with Crippen LogP contribution in [-0.2, 0) is 16.6 Å². The highest BCUT2D eigenvalue weighted by atomic mass is 32.2. The second-order valence-electron chi connectivity index (χ2n) is 5.77. The highest BCUT2D eigenvalue weighted by Gasteiger charge is 2.23. The molecule has 0 amide bonds. The molecule has 1 aromatic rings. The van der Waals surface area contributed by atoms with Gasteiger partial charge in [0.05, 0.1) is 6.54 Å². The smallest absolute Gasteiger partial charge is 0.244 e. The van der Waals surface area contributed by atoms with Gasteiger partial charge in [-0.2, -0.15) is 0 Å². The zero-order chi connectivity index (χ0) is 15.3. The molecular weight excluding hydrogens is 288 g/mol. The fourth-order valence-electron chi connectivity index (χ4n) is 2.82. The molecule has 1 saturated carbocycles. The summed E-state index contributed by atoms with van der Waals surface area (Å²) < 4.78 is 33.0. The fourth-order valence-corrected chi connectivity index (χ4v) is 4.14. The summed E-state index contributed by atoms with van der Waals surface area (Å²) in [5, 5.41) is 3.13. The quantitative estimate of drug-likeness (QED) is 0.811. The molecule has 1 aromatic heterocycles. The molecule has 0 unspecified atom stereocenters. The van der Waals surface area contributed by atoms with Crippen molar-refractivity contribution in [2.75, 3.05) is 13.1 Å². The lowest BCUT2D eigenvalue weighted by molar-refractivity contribution is 0.357. The van der Waals surface area contributed by atoms with E-state index in [1.807, 2.05) is 6.92 Å². The van der Waals surface area contributed by atoms with E-state index in [9.17, 15) is 8.42 Å². The monoisotopic (exact) mass is 314 g/mol. The minimum Gasteiger partial charge on any atom is -0.464 e. The Morgan fingerprint density at radius 2 is 2.00 bits per heavy atom. The van der Waals surface area contributed by atoms with Crippen LogP contribution in [0, 0.1) is 12.8 Å². The number of hydrogen-bond donors (Lipinski definition) is 2. The van der Waals surface area contributed by atoms with Gasteiger partial charge in [-0.25, -0.2) is 13.1 Å². The maximum Gasteiger partial charge on any atom is 0.244 e. The summed E-state index contributed by atoms with van der Waals surface area (Å²) in [5.41, 5.74) is 0. The van der Waals surface area contributed by atoms with Crippen molar-refractivity contribution >= 4 is 10.0 Å². The van der Waals surface area contributed by atoms with Gasteiger partial charge in [-0.05, 0) is 32.2 Å². The Bertz CT molecular complexity index is 545. The predicted octanol–water partition coefficient (Wildman–Crippen LogP) is 2.56. The van der Waals surface area contributed by atoms with E-state index in [0.717, 1.165) is 19.4 Å². The molecule has 0 spiro atoms. The number of aryl methyl sites for hydroxylation is 1. The standard InChI is InChI=1S/C15H26N2O3S/c1-3-16-11-14-9-15(12(2)20-14)21(18,19)17-10-13-7-5-4-6-8-13/h9,13,16-17H,3-8,10-11H2,1-2H3. The van der Waals surface area contributed by atoms with E-state index in [1.54, 1.807) is 13.0 Å². The van der Waals surface area contributed by atoms with Crippen molar-refractivity contribution in [3.8, 4) is 0 Å². The van der Waals surface area contributed by atoms with E-state index in [0.29, 0.717) is 30.5 Å². The van der Waals surface area contributed by atoms with E-state index in [-0.39, 0.29) is 4.90 Å². The zero-order valence-electron chi connectivity index (χ0n) is 12.9. The largest absolute Gasteiger partial charge is 0.464 e. The SMILES string of the molecule is CCNCc1cc(S(=O)(=O)NCC2CCCCC2)c(C)o1. The first-order valence-corrected chi connectivity index (χ1v) is 9.31. The number of hydrogen-bond acceptors (Lipinski definition) is 4. The number of nitrogens with one attached hydrogen (secondary N) is 2. The Balaban J connectivity index is 1.99. The van der Waals surface area contributed by atoms with Crippen molar-refractivity contribution in [2.45, 2.75) is 57.4 Å². The summed E-state index contributed by atoms with van der Waals surface area (Å²) in [6.07, 6.45) is 5.95. The van der Waals surface area contributed by atoms with Crippen LogP contribution in [0.5, 0.6) is 0 Å². The Labute approximate surface area is 127 Å². The van der Waals surface area contributed by atoms with Crippen LogP contribution in [0.3, 0.4) is 0 Å². The van der Waals surface area contributed by atoms with E-state index >= 15 is 0 Å². The van der Waals surface area contributed by atoms with Gasteiger partial charge in [0.15, 0.2) is 0 Å². The normalized spacial score (nSPS) is 17.2. The topological polar surface area (TPSA) is 71.3 Å². The second-order valence-corrected chi connectivity index (χ2v) is 7.50. The molecule has 0 atom stereocenters. The van der Waals surface area contributed by atoms with Crippen molar-refractivity contribution in [3.05, 3.63) is 17.6 Å². The zero-order valence-corrected chi connectivity index (χ0v) is 13.8. The molecule has 0 saturated heterocycles. The van der Waals surface area contributed by atoms with E-state index in [4.69, 9.17) is 4.42 Å².